The minimum atomic E-state index is -0.540. The number of ketones is 1. The van der Waals surface area contributed by atoms with E-state index in [1.54, 1.807) is 42.5 Å². The van der Waals surface area contributed by atoms with Gasteiger partial charge in [0.15, 0.2) is 5.78 Å². The van der Waals surface area contributed by atoms with Crippen LogP contribution in [0.15, 0.2) is 71.2 Å². The van der Waals surface area contributed by atoms with Crippen molar-refractivity contribution in [2.45, 2.75) is 64.0 Å². The molecule has 8 heteroatoms. The SMILES string of the molecule is CCC(C(=O)OCCOC(=O)c1cc(Br)c(N)c(CNC2CCCCC2)c1)c1cccc(C(=O)c2ccccc2)c1. The second kappa shape index (κ2) is 14.9. The summed E-state index contributed by atoms with van der Waals surface area (Å²) in [6.45, 7) is 2.31. The molecule has 4 rings (SSSR count). The van der Waals surface area contributed by atoms with E-state index in [1.165, 1.54) is 19.3 Å². The summed E-state index contributed by atoms with van der Waals surface area (Å²) in [6, 6.07) is 19.9. The van der Waals surface area contributed by atoms with E-state index in [2.05, 4.69) is 21.2 Å². The van der Waals surface area contributed by atoms with E-state index in [9.17, 15) is 14.4 Å². The lowest BCUT2D eigenvalue weighted by atomic mass is 9.93. The number of carbonyl (C=O) groups is 3. The molecular formula is C33H37BrN2O5. The summed E-state index contributed by atoms with van der Waals surface area (Å²) >= 11 is 3.45. The van der Waals surface area contributed by atoms with Gasteiger partial charge in [0.1, 0.15) is 13.2 Å². The van der Waals surface area contributed by atoms with Crippen molar-refractivity contribution in [1.29, 1.82) is 0 Å². The molecule has 1 unspecified atom stereocenters. The summed E-state index contributed by atoms with van der Waals surface area (Å²) in [4.78, 5) is 38.5. The van der Waals surface area contributed by atoms with Crippen LogP contribution in [-0.4, -0.2) is 37.0 Å². The number of hydrogen-bond donors (Lipinski definition) is 2. The van der Waals surface area contributed by atoms with Gasteiger partial charge in [0, 0.05) is 28.2 Å². The van der Waals surface area contributed by atoms with Crippen molar-refractivity contribution < 1.29 is 23.9 Å². The lowest BCUT2D eigenvalue weighted by Crippen LogP contribution is -2.30. The Labute approximate surface area is 249 Å². The van der Waals surface area contributed by atoms with Crippen LogP contribution in [0.4, 0.5) is 5.69 Å². The van der Waals surface area contributed by atoms with E-state index in [1.807, 2.05) is 31.2 Å². The fraction of sp³-hybridized carbons (Fsp3) is 0.364. The van der Waals surface area contributed by atoms with E-state index in [4.69, 9.17) is 15.2 Å². The first-order valence-corrected chi connectivity index (χ1v) is 15.0. The molecule has 0 saturated heterocycles. The van der Waals surface area contributed by atoms with Crippen LogP contribution >= 0.6 is 15.9 Å². The van der Waals surface area contributed by atoms with Crippen molar-refractivity contribution in [3.63, 3.8) is 0 Å². The number of nitrogens with one attached hydrogen (secondary N) is 1. The molecule has 1 atom stereocenters. The number of anilines is 1. The van der Waals surface area contributed by atoms with Crippen LogP contribution in [0.2, 0.25) is 0 Å². The predicted molar refractivity (Wildman–Crippen MR) is 163 cm³/mol. The van der Waals surface area contributed by atoms with Crippen molar-refractivity contribution in [1.82, 2.24) is 5.32 Å². The zero-order chi connectivity index (χ0) is 29.2. The molecule has 1 fully saturated rings. The molecule has 1 aliphatic carbocycles. The third-order valence-electron chi connectivity index (χ3n) is 7.48. The van der Waals surface area contributed by atoms with Crippen molar-refractivity contribution in [2.75, 3.05) is 18.9 Å². The number of ether oxygens (including phenoxy) is 2. The number of benzene rings is 3. The Kier molecular flexibility index (Phi) is 11.1. The number of nitrogen functional groups attached to an aromatic ring is 1. The van der Waals surface area contributed by atoms with Gasteiger partial charge >= 0.3 is 11.9 Å². The fourth-order valence-corrected chi connectivity index (χ4v) is 5.65. The van der Waals surface area contributed by atoms with Crippen molar-refractivity contribution >= 4 is 39.3 Å². The Hall–Kier alpha value is -3.49. The summed E-state index contributed by atoms with van der Waals surface area (Å²) in [5, 5.41) is 3.56. The summed E-state index contributed by atoms with van der Waals surface area (Å²) in [5.41, 5.74) is 9.87. The Morgan fingerprint density at radius 2 is 1.61 bits per heavy atom. The van der Waals surface area contributed by atoms with Gasteiger partial charge in [-0.25, -0.2) is 4.79 Å². The number of esters is 2. The average molecular weight is 622 g/mol. The fourth-order valence-electron chi connectivity index (χ4n) is 5.15. The summed E-state index contributed by atoms with van der Waals surface area (Å²) in [7, 11) is 0. The van der Waals surface area contributed by atoms with Crippen LogP contribution in [0.5, 0.6) is 0 Å². The lowest BCUT2D eigenvalue weighted by Gasteiger charge is -2.23. The molecule has 3 aromatic rings. The largest absolute Gasteiger partial charge is 0.462 e. The van der Waals surface area contributed by atoms with Crippen LogP contribution < -0.4 is 11.1 Å². The minimum Gasteiger partial charge on any atom is -0.462 e. The third-order valence-corrected chi connectivity index (χ3v) is 8.13. The zero-order valence-corrected chi connectivity index (χ0v) is 25.0. The molecular weight excluding hydrogens is 584 g/mol. The summed E-state index contributed by atoms with van der Waals surface area (Å²) in [6.07, 6.45) is 6.54. The number of halogens is 1. The van der Waals surface area contributed by atoms with Gasteiger partial charge in [-0.2, -0.15) is 0 Å². The molecule has 0 heterocycles. The van der Waals surface area contributed by atoms with Crippen molar-refractivity contribution in [3.05, 3.63) is 99.0 Å². The van der Waals surface area contributed by atoms with E-state index < -0.39 is 17.9 Å². The third kappa shape index (κ3) is 8.27. The zero-order valence-electron chi connectivity index (χ0n) is 23.4. The molecule has 3 aromatic carbocycles. The van der Waals surface area contributed by atoms with Gasteiger partial charge in [-0.1, -0.05) is 74.7 Å². The molecule has 41 heavy (non-hydrogen) atoms. The first kappa shape index (κ1) is 30.5. The molecule has 1 saturated carbocycles. The maximum absolute atomic E-state index is 12.9. The van der Waals surface area contributed by atoms with E-state index >= 15 is 0 Å². The Bertz CT molecular complexity index is 1350. The molecule has 1 aliphatic rings. The van der Waals surface area contributed by atoms with Gasteiger partial charge < -0.3 is 20.5 Å². The normalized spacial score (nSPS) is 14.3. The number of nitrogens with two attached hydrogens (primary N) is 1. The van der Waals surface area contributed by atoms with Gasteiger partial charge in [0.05, 0.1) is 17.2 Å². The predicted octanol–water partition coefficient (Wildman–Crippen LogP) is 6.58. The van der Waals surface area contributed by atoms with E-state index in [0.29, 0.717) is 51.4 Å². The van der Waals surface area contributed by atoms with Gasteiger partial charge in [-0.05, 0) is 64.5 Å². The highest BCUT2D eigenvalue weighted by atomic mass is 79.9. The van der Waals surface area contributed by atoms with E-state index in [0.717, 1.165) is 18.4 Å². The molecule has 3 N–H and O–H groups in total. The average Bonchev–Trinajstić information content (AvgIpc) is 3.01. The monoisotopic (exact) mass is 620 g/mol. The summed E-state index contributed by atoms with van der Waals surface area (Å²) in [5.74, 6) is -1.59. The molecule has 0 aliphatic heterocycles. The van der Waals surface area contributed by atoms with Gasteiger partial charge in [0.25, 0.3) is 0 Å². The highest BCUT2D eigenvalue weighted by Crippen LogP contribution is 2.27. The second-order valence-electron chi connectivity index (χ2n) is 10.3. The number of rotatable bonds is 12. The molecule has 0 aromatic heterocycles. The van der Waals surface area contributed by atoms with E-state index in [-0.39, 0.29) is 19.0 Å². The molecule has 7 nitrogen and oxygen atoms in total. The number of carbonyl (C=O) groups excluding carboxylic acids is 3. The van der Waals surface area contributed by atoms with Crippen LogP contribution in [0, 0.1) is 0 Å². The molecule has 0 amide bonds. The van der Waals surface area contributed by atoms with Gasteiger partial charge in [-0.3, -0.25) is 9.59 Å². The Balaban J connectivity index is 1.30. The van der Waals surface area contributed by atoms with Crippen LogP contribution in [0.1, 0.15) is 88.8 Å². The van der Waals surface area contributed by atoms with Crippen molar-refractivity contribution in [2.24, 2.45) is 0 Å². The highest BCUT2D eigenvalue weighted by molar-refractivity contribution is 9.10. The topological polar surface area (TPSA) is 108 Å². The Morgan fingerprint density at radius 3 is 2.34 bits per heavy atom. The molecule has 0 radical (unpaired) electrons. The van der Waals surface area contributed by atoms with Crippen molar-refractivity contribution in [3.8, 4) is 0 Å². The van der Waals surface area contributed by atoms with Gasteiger partial charge in [-0.15, -0.1) is 0 Å². The second-order valence-corrected chi connectivity index (χ2v) is 11.2. The minimum absolute atomic E-state index is 0.0735. The van der Waals surface area contributed by atoms with Gasteiger partial charge in [0.2, 0.25) is 0 Å². The van der Waals surface area contributed by atoms with Crippen LogP contribution in [-0.2, 0) is 20.8 Å². The maximum atomic E-state index is 12.9. The smallest absolute Gasteiger partial charge is 0.338 e. The summed E-state index contributed by atoms with van der Waals surface area (Å²) < 4.78 is 11.5. The highest BCUT2D eigenvalue weighted by Gasteiger charge is 2.22. The molecule has 216 valence electrons. The maximum Gasteiger partial charge on any atom is 0.338 e. The first-order chi connectivity index (χ1) is 19.9. The van der Waals surface area contributed by atoms with Crippen LogP contribution in [0.25, 0.3) is 0 Å². The quantitative estimate of drug-likeness (QED) is 0.102. The first-order valence-electron chi connectivity index (χ1n) is 14.2. The Morgan fingerprint density at radius 1 is 0.902 bits per heavy atom. The van der Waals surface area contributed by atoms with Crippen LogP contribution in [0.3, 0.4) is 0 Å². The standard InChI is InChI=1S/C33H37BrN2O5/c1-2-28(23-12-9-13-24(18-23)31(37)22-10-5-3-6-11-22)33(39)41-17-16-40-32(38)25-19-26(30(35)29(34)20-25)21-36-27-14-7-4-8-15-27/h3,5-6,9-13,18-20,27-28,36H,2,4,7-8,14-17,21,35H2,1H3. The lowest BCUT2D eigenvalue weighted by molar-refractivity contribution is -0.146. The molecule has 0 bridgehead atoms. The number of hydrogen-bond acceptors (Lipinski definition) is 7. The molecule has 0 spiro atoms.